The van der Waals surface area contributed by atoms with Gasteiger partial charge in [-0.25, -0.2) is 17.6 Å². The Labute approximate surface area is 166 Å². The van der Waals surface area contributed by atoms with Crippen LogP contribution in [-0.2, 0) is 0 Å². The summed E-state index contributed by atoms with van der Waals surface area (Å²) in [4.78, 5) is 24.0. The van der Waals surface area contributed by atoms with E-state index in [2.05, 4.69) is 11.9 Å². The van der Waals surface area contributed by atoms with Crippen LogP contribution in [0.4, 0.5) is 17.6 Å². The Morgan fingerprint density at radius 1 is 1.03 bits per heavy atom. The number of hydrogen-bond acceptors (Lipinski definition) is 5. The van der Waals surface area contributed by atoms with Crippen molar-refractivity contribution in [1.82, 2.24) is 10.2 Å². The highest BCUT2D eigenvalue weighted by Crippen LogP contribution is 2.26. The molecule has 29 heavy (non-hydrogen) atoms. The van der Waals surface area contributed by atoms with Crippen LogP contribution in [0, 0.1) is 0 Å². The van der Waals surface area contributed by atoms with Gasteiger partial charge in [0.05, 0.1) is 30.8 Å². The smallest absolute Gasteiger partial charge is 0.283 e. The normalized spacial score (nSPS) is 13.8. The van der Waals surface area contributed by atoms with E-state index in [1.54, 1.807) is 12.1 Å². The molecule has 0 spiro atoms. The van der Waals surface area contributed by atoms with Gasteiger partial charge in [0.2, 0.25) is 0 Å². The predicted molar refractivity (Wildman–Crippen MR) is 102 cm³/mol. The van der Waals surface area contributed by atoms with Crippen molar-refractivity contribution in [3.63, 3.8) is 0 Å². The van der Waals surface area contributed by atoms with Crippen molar-refractivity contribution in [3.8, 4) is 0 Å². The van der Waals surface area contributed by atoms with Crippen molar-refractivity contribution in [2.45, 2.75) is 24.7 Å². The molecule has 0 atom stereocenters. The standard InChI is InChI=1S/C12H9F2NO2.C7H17F2N3/c1-2-12(13,14)7-15-10(16)8-5-3-4-6-9(8)11(15)17;8-7(9,5-11)6-12-4-2-1-3-10/h2-6H,1,7H2;12H,1-6,10-11H2. The van der Waals surface area contributed by atoms with Crippen molar-refractivity contribution >= 4 is 11.8 Å². The highest BCUT2D eigenvalue weighted by atomic mass is 19.3. The molecule has 162 valence electrons. The zero-order valence-corrected chi connectivity index (χ0v) is 16.0. The maximum Gasteiger partial charge on any atom is 0.283 e. The molecule has 5 N–H and O–H groups in total. The number of amides is 2. The molecule has 0 aromatic heterocycles. The van der Waals surface area contributed by atoms with E-state index in [0.29, 0.717) is 24.1 Å². The Morgan fingerprint density at radius 2 is 1.59 bits per heavy atom. The summed E-state index contributed by atoms with van der Waals surface area (Å²) in [7, 11) is 0. The van der Waals surface area contributed by atoms with Crippen LogP contribution >= 0.6 is 0 Å². The molecule has 1 heterocycles. The Morgan fingerprint density at radius 3 is 2.03 bits per heavy atom. The van der Waals surface area contributed by atoms with Gasteiger partial charge in [-0.2, -0.15) is 0 Å². The van der Waals surface area contributed by atoms with E-state index >= 15 is 0 Å². The van der Waals surface area contributed by atoms with Crippen molar-refractivity contribution < 1.29 is 27.2 Å². The third kappa shape index (κ3) is 7.56. The number of benzene rings is 1. The molecular weight excluding hydrogens is 392 g/mol. The molecule has 2 amide bonds. The molecule has 6 nitrogen and oxygen atoms in total. The first-order valence-corrected chi connectivity index (χ1v) is 9.04. The number of halogens is 4. The van der Waals surface area contributed by atoms with Gasteiger partial charge in [0, 0.05) is 0 Å². The number of carbonyl (C=O) groups is 2. The SMILES string of the molecule is C=CC(F)(F)CN1C(=O)c2ccccc2C1=O.NCCCCNCC(F)(F)CN. The fourth-order valence-electron chi connectivity index (χ4n) is 2.40. The molecule has 1 aromatic carbocycles. The average molecular weight is 418 g/mol. The number of nitrogens with zero attached hydrogens (tertiary/aromatic N) is 1. The van der Waals surface area contributed by atoms with Crippen molar-refractivity contribution in [1.29, 1.82) is 0 Å². The van der Waals surface area contributed by atoms with Gasteiger partial charge in [-0.3, -0.25) is 14.5 Å². The minimum Gasteiger partial charge on any atom is -0.330 e. The van der Waals surface area contributed by atoms with E-state index in [4.69, 9.17) is 11.5 Å². The number of imide groups is 1. The monoisotopic (exact) mass is 418 g/mol. The number of carbonyl (C=O) groups excluding carboxylic acids is 2. The summed E-state index contributed by atoms with van der Waals surface area (Å²) in [6.45, 7) is 2.25. The number of alkyl halides is 4. The van der Waals surface area contributed by atoms with Crippen LogP contribution in [0.5, 0.6) is 0 Å². The number of fused-ring (bicyclic) bond motifs is 1. The largest absolute Gasteiger partial charge is 0.330 e. The van der Waals surface area contributed by atoms with Gasteiger partial charge in [0.1, 0.15) is 0 Å². The third-order valence-electron chi connectivity index (χ3n) is 4.04. The number of nitrogens with one attached hydrogen (secondary N) is 1. The molecule has 0 bridgehead atoms. The molecule has 0 saturated carbocycles. The highest BCUT2D eigenvalue weighted by Gasteiger charge is 2.40. The van der Waals surface area contributed by atoms with E-state index in [1.165, 1.54) is 12.1 Å². The van der Waals surface area contributed by atoms with Gasteiger partial charge >= 0.3 is 0 Å². The number of rotatable bonds is 10. The lowest BCUT2D eigenvalue weighted by molar-refractivity contribution is 0.0119. The summed E-state index contributed by atoms with van der Waals surface area (Å²) >= 11 is 0. The molecule has 1 aliphatic heterocycles. The van der Waals surface area contributed by atoms with Crippen LogP contribution in [-0.4, -0.2) is 61.3 Å². The van der Waals surface area contributed by atoms with Crippen molar-refractivity contribution in [2.75, 3.05) is 32.7 Å². The van der Waals surface area contributed by atoms with Gasteiger partial charge in [-0.1, -0.05) is 18.7 Å². The molecule has 0 fully saturated rings. The van der Waals surface area contributed by atoms with Crippen LogP contribution in [0.1, 0.15) is 33.6 Å². The summed E-state index contributed by atoms with van der Waals surface area (Å²) in [5, 5.41) is 2.63. The molecule has 0 aliphatic carbocycles. The lowest BCUT2D eigenvalue weighted by Gasteiger charge is -2.18. The molecule has 0 unspecified atom stereocenters. The predicted octanol–water partition coefficient (Wildman–Crippen LogP) is 2.01. The number of unbranched alkanes of at least 4 members (excludes halogenated alkanes) is 1. The highest BCUT2D eigenvalue weighted by molar-refractivity contribution is 6.21. The fraction of sp³-hybridized carbons (Fsp3) is 0.474. The Balaban J connectivity index is 0.000000311. The molecule has 0 radical (unpaired) electrons. The second-order valence-electron chi connectivity index (χ2n) is 6.44. The minimum atomic E-state index is -3.27. The van der Waals surface area contributed by atoms with Crippen LogP contribution in [0.25, 0.3) is 0 Å². The molecule has 1 aliphatic rings. The Hall–Kier alpha value is -2.30. The Bertz CT molecular complexity index is 678. The van der Waals surface area contributed by atoms with Crippen LogP contribution < -0.4 is 16.8 Å². The second kappa shape index (κ2) is 11.0. The van der Waals surface area contributed by atoms with Crippen molar-refractivity contribution in [2.24, 2.45) is 11.5 Å². The maximum absolute atomic E-state index is 13.1. The topological polar surface area (TPSA) is 101 Å². The summed E-state index contributed by atoms with van der Waals surface area (Å²) in [5.41, 5.74) is 10.4. The van der Waals surface area contributed by atoms with Crippen LogP contribution in [0.3, 0.4) is 0 Å². The molecular formula is C19H26F4N4O2. The molecule has 0 saturated heterocycles. The van der Waals surface area contributed by atoms with Crippen LogP contribution in [0.15, 0.2) is 36.9 Å². The first kappa shape index (κ1) is 24.7. The van der Waals surface area contributed by atoms with Gasteiger partial charge in [0.25, 0.3) is 23.7 Å². The maximum atomic E-state index is 13.1. The van der Waals surface area contributed by atoms with Crippen molar-refractivity contribution in [3.05, 3.63) is 48.0 Å². The van der Waals surface area contributed by atoms with E-state index in [0.717, 1.165) is 12.8 Å². The first-order valence-electron chi connectivity index (χ1n) is 9.04. The Kier molecular flexibility index (Phi) is 9.41. The van der Waals surface area contributed by atoms with E-state index in [1.807, 2.05) is 0 Å². The van der Waals surface area contributed by atoms with Gasteiger partial charge in [0.15, 0.2) is 0 Å². The van der Waals surface area contributed by atoms with Crippen LogP contribution in [0.2, 0.25) is 0 Å². The van der Waals surface area contributed by atoms with Gasteiger partial charge in [-0.15, -0.1) is 0 Å². The lowest BCUT2D eigenvalue weighted by atomic mass is 10.1. The summed E-state index contributed by atoms with van der Waals surface area (Å²) in [6.07, 6.45) is 2.12. The molecule has 1 aromatic rings. The van der Waals surface area contributed by atoms with E-state index < -0.39 is 36.7 Å². The van der Waals surface area contributed by atoms with Gasteiger partial charge < -0.3 is 16.8 Å². The molecule has 10 heteroatoms. The minimum absolute atomic E-state index is 0.164. The van der Waals surface area contributed by atoms with E-state index in [9.17, 15) is 27.2 Å². The zero-order valence-electron chi connectivity index (χ0n) is 16.0. The zero-order chi connectivity index (χ0) is 22.1. The summed E-state index contributed by atoms with van der Waals surface area (Å²) in [6, 6.07) is 6.06. The number of nitrogens with two attached hydrogens (primary N) is 2. The number of hydrogen-bond donors (Lipinski definition) is 3. The fourth-order valence-corrected chi connectivity index (χ4v) is 2.40. The van der Waals surface area contributed by atoms with E-state index in [-0.39, 0.29) is 17.7 Å². The lowest BCUT2D eigenvalue weighted by Crippen LogP contribution is -2.39. The first-order chi connectivity index (χ1) is 13.6. The average Bonchev–Trinajstić information content (AvgIpc) is 2.93. The second-order valence-corrected chi connectivity index (χ2v) is 6.44. The summed E-state index contributed by atoms with van der Waals surface area (Å²) in [5.74, 6) is -7.42. The quantitative estimate of drug-likeness (QED) is 0.234. The van der Waals surface area contributed by atoms with Gasteiger partial charge in [-0.05, 0) is 44.1 Å². The third-order valence-corrected chi connectivity index (χ3v) is 4.04. The summed E-state index contributed by atoms with van der Waals surface area (Å²) < 4.78 is 51.1. The molecule has 2 rings (SSSR count).